The van der Waals surface area contributed by atoms with Gasteiger partial charge in [0, 0.05) is 29.8 Å². The Kier molecular flexibility index (Phi) is 4.39. The number of ether oxygens (including phenoxy) is 1. The molecule has 2 aliphatic heterocycles. The molecule has 0 aromatic heterocycles. The molecule has 2 aromatic carbocycles. The fraction of sp³-hybridized carbons (Fsp3) is 0.300. The number of nitrogens with one attached hydrogen (secondary N) is 1. The minimum absolute atomic E-state index is 0.00741. The number of fused-ring (bicyclic) bond motifs is 4. The molecule has 2 aromatic rings. The van der Waals surface area contributed by atoms with Crippen LogP contribution in [-0.4, -0.2) is 35.7 Å². The first kappa shape index (κ1) is 18.3. The van der Waals surface area contributed by atoms with E-state index < -0.39 is 11.6 Å². The molecule has 0 saturated carbocycles. The zero-order valence-electron chi connectivity index (χ0n) is 15.3. The molecular weight excluding hydrogens is 426 g/mol. The van der Waals surface area contributed by atoms with E-state index in [2.05, 4.69) is 21.2 Å². The lowest BCUT2D eigenvalue weighted by Crippen LogP contribution is -2.72. The smallest absolute Gasteiger partial charge is 0.233 e. The van der Waals surface area contributed by atoms with Gasteiger partial charge in [-0.2, -0.15) is 0 Å². The molecular formula is C20H20BrN3O2S. The summed E-state index contributed by atoms with van der Waals surface area (Å²) in [4.78, 5) is 16.7. The van der Waals surface area contributed by atoms with E-state index in [0.717, 1.165) is 21.5 Å². The van der Waals surface area contributed by atoms with Crippen LogP contribution < -0.4 is 15.0 Å². The number of halogens is 1. The summed E-state index contributed by atoms with van der Waals surface area (Å²) >= 11 is 9.23. The van der Waals surface area contributed by atoms with Crippen LogP contribution in [0.3, 0.4) is 0 Å². The molecule has 5 nitrogen and oxygen atoms in total. The van der Waals surface area contributed by atoms with Crippen LogP contribution in [0.15, 0.2) is 53.0 Å². The number of carbonyl (C=O) groups excluding carboxylic acids is 1. The predicted molar refractivity (Wildman–Crippen MR) is 113 cm³/mol. The standard InChI is InChI=1S/C20H20BrN3O2S/c1-20-16(18(25)23(2)3)17(14-9-4-5-10-15(14)26-20)22-19(27)24(20)13-8-6-7-12(21)11-13/h4-11,16-17H,1-3H3,(H,22,27)/t16-,17+,20+/m1/s1. The highest BCUT2D eigenvalue weighted by atomic mass is 79.9. The Labute approximate surface area is 172 Å². The number of hydrogen-bond donors (Lipinski definition) is 1. The lowest BCUT2D eigenvalue weighted by atomic mass is 9.78. The van der Waals surface area contributed by atoms with E-state index in [-0.39, 0.29) is 11.9 Å². The van der Waals surface area contributed by atoms with E-state index in [0.29, 0.717) is 5.11 Å². The van der Waals surface area contributed by atoms with Gasteiger partial charge in [-0.3, -0.25) is 9.69 Å². The first-order valence-electron chi connectivity index (χ1n) is 8.68. The first-order valence-corrected chi connectivity index (χ1v) is 9.88. The van der Waals surface area contributed by atoms with E-state index >= 15 is 0 Å². The van der Waals surface area contributed by atoms with Crippen LogP contribution >= 0.6 is 28.1 Å². The van der Waals surface area contributed by atoms with Crippen molar-refractivity contribution in [3.05, 3.63) is 58.6 Å². The summed E-state index contributed by atoms with van der Waals surface area (Å²) in [7, 11) is 3.54. The van der Waals surface area contributed by atoms with Crippen LogP contribution in [0.5, 0.6) is 5.75 Å². The number of para-hydroxylation sites is 1. The van der Waals surface area contributed by atoms with Crippen molar-refractivity contribution in [2.24, 2.45) is 5.92 Å². The molecule has 27 heavy (non-hydrogen) atoms. The predicted octanol–water partition coefficient (Wildman–Crippen LogP) is 3.70. The lowest BCUT2D eigenvalue weighted by Gasteiger charge is -2.56. The summed E-state index contributed by atoms with van der Waals surface area (Å²) in [6.07, 6.45) is 0. The average Bonchev–Trinajstić information content (AvgIpc) is 2.60. The van der Waals surface area contributed by atoms with Gasteiger partial charge in [0.25, 0.3) is 0 Å². The zero-order valence-corrected chi connectivity index (χ0v) is 17.7. The SMILES string of the molecule is CN(C)C(=O)[C@H]1[C@H]2NC(=S)N(c3cccc(Br)c3)[C@@]1(C)Oc1ccccc12. The molecule has 1 amide bonds. The fourth-order valence-corrected chi connectivity index (χ4v) is 4.79. The summed E-state index contributed by atoms with van der Waals surface area (Å²) in [5.41, 5.74) is 0.855. The largest absolute Gasteiger partial charge is 0.467 e. The lowest BCUT2D eigenvalue weighted by molar-refractivity contribution is -0.144. The number of carbonyl (C=O) groups is 1. The number of hydrogen-bond acceptors (Lipinski definition) is 3. The molecule has 4 rings (SSSR count). The summed E-state index contributed by atoms with van der Waals surface area (Å²) in [6.45, 7) is 1.94. The van der Waals surface area contributed by atoms with Gasteiger partial charge in [-0.25, -0.2) is 0 Å². The van der Waals surface area contributed by atoms with Gasteiger partial charge >= 0.3 is 0 Å². The Bertz CT molecular complexity index is 935. The van der Waals surface area contributed by atoms with Crippen LogP contribution in [-0.2, 0) is 4.79 Å². The molecule has 0 aliphatic carbocycles. The average molecular weight is 446 g/mol. The number of nitrogens with zero attached hydrogens (tertiary/aromatic N) is 2. The second-order valence-electron chi connectivity index (χ2n) is 7.15. The maximum absolute atomic E-state index is 13.2. The quantitative estimate of drug-likeness (QED) is 0.713. The molecule has 0 spiro atoms. The Morgan fingerprint density at radius 1 is 1.26 bits per heavy atom. The van der Waals surface area contributed by atoms with Crippen molar-refractivity contribution in [1.29, 1.82) is 0 Å². The van der Waals surface area contributed by atoms with Crippen molar-refractivity contribution >= 4 is 44.9 Å². The molecule has 1 fully saturated rings. The van der Waals surface area contributed by atoms with Crippen LogP contribution in [0.1, 0.15) is 18.5 Å². The summed E-state index contributed by atoms with van der Waals surface area (Å²) in [5.74, 6) is 0.294. The highest BCUT2D eigenvalue weighted by Gasteiger charge is 2.59. The minimum atomic E-state index is -0.955. The van der Waals surface area contributed by atoms with E-state index in [1.54, 1.807) is 19.0 Å². The maximum Gasteiger partial charge on any atom is 0.233 e. The van der Waals surface area contributed by atoms with Crippen molar-refractivity contribution in [3.8, 4) is 5.75 Å². The van der Waals surface area contributed by atoms with Gasteiger partial charge in [0.2, 0.25) is 5.91 Å². The van der Waals surface area contributed by atoms with Crippen molar-refractivity contribution in [2.75, 3.05) is 19.0 Å². The number of benzene rings is 2. The summed E-state index contributed by atoms with van der Waals surface area (Å²) < 4.78 is 7.42. The zero-order chi connectivity index (χ0) is 19.3. The van der Waals surface area contributed by atoms with Crippen LogP contribution in [0.4, 0.5) is 5.69 Å². The normalized spacial score (nSPS) is 25.9. The molecule has 7 heteroatoms. The van der Waals surface area contributed by atoms with Crippen molar-refractivity contribution in [1.82, 2.24) is 10.2 Å². The topological polar surface area (TPSA) is 44.8 Å². The van der Waals surface area contributed by atoms with Gasteiger partial charge in [0.15, 0.2) is 10.8 Å². The van der Waals surface area contributed by atoms with E-state index in [1.807, 2.05) is 60.4 Å². The fourth-order valence-electron chi connectivity index (χ4n) is 3.99. The Morgan fingerprint density at radius 3 is 2.70 bits per heavy atom. The second kappa shape index (κ2) is 6.49. The number of rotatable bonds is 2. The van der Waals surface area contributed by atoms with Crippen LogP contribution in [0.25, 0.3) is 0 Å². The summed E-state index contributed by atoms with van der Waals surface area (Å²) in [5, 5.41) is 3.94. The van der Waals surface area contributed by atoms with Gasteiger partial charge < -0.3 is 15.0 Å². The number of anilines is 1. The van der Waals surface area contributed by atoms with Crippen molar-refractivity contribution in [3.63, 3.8) is 0 Å². The van der Waals surface area contributed by atoms with Gasteiger partial charge in [-0.05, 0) is 43.4 Å². The summed E-state index contributed by atoms with van der Waals surface area (Å²) in [6, 6.07) is 15.4. The monoisotopic (exact) mass is 445 g/mol. The molecule has 3 atom stereocenters. The van der Waals surface area contributed by atoms with Crippen molar-refractivity contribution < 1.29 is 9.53 Å². The van der Waals surface area contributed by atoms with Crippen molar-refractivity contribution in [2.45, 2.75) is 18.7 Å². The molecule has 1 saturated heterocycles. The van der Waals surface area contributed by atoms with E-state index in [4.69, 9.17) is 17.0 Å². The van der Waals surface area contributed by atoms with Gasteiger partial charge in [-0.15, -0.1) is 0 Å². The molecule has 2 aliphatic rings. The Hall–Kier alpha value is -2.12. The molecule has 140 valence electrons. The minimum Gasteiger partial charge on any atom is -0.467 e. The maximum atomic E-state index is 13.2. The Balaban J connectivity index is 1.92. The van der Waals surface area contributed by atoms with Gasteiger partial charge in [-0.1, -0.05) is 40.2 Å². The Morgan fingerprint density at radius 2 is 2.00 bits per heavy atom. The van der Waals surface area contributed by atoms with E-state index in [9.17, 15) is 4.79 Å². The third kappa shape index (κ3) is 2.80. The highest BCUT2D eigenvalue weighted by Crippen LogP contribution is 2.49. The molecule has 0 radical (unpaired) electrons. The first-order chi connectivity index (χ1) is 12.8. The molecule has 0 unspecified atom stereocenters. The second-order valence-corrected chi connectivity index (χ2v) is 8.45. The number of thiocarbonyl (C=S) groups is 1. The third-order valence-corrected chi connectivity index (χ3v) is 5.97. The number of amides is 1. The van der Waals surface area contributed by atoms with Gasteiger partial charge in [0.1, 0.15) is 11.7 Å². The van der Waals surface area contributed by atoms with Crippen LogP contribution in [0.2, 0.25) is 0 Å². The van der Waals surface area contributed by atoms with Gasteiger partial charge in [0.05, 0.1) is 6.04 Å². The molecule has 1 N–H and O–H groups in total. The molecule has 2 bridgehead atoms. The van der Waals surface area contributed by atoms with Crippen LogP contribution in [0, 0.1) is 5.92 Å². The molecule has 2 heterocycles. The van der Waals surface area contributed by atoms with E-state index in [1.165, 1.54) is 0 Å². The highest BCUT2D eigenvalue weighted by molar-refractivity contribution is 9.10. The third-order valence-electron chi connectivity index (χ3n) is 5.18.